The van der Waals surface area contributed by atoms with E-state index >= 15 is 0 Å². The molecule has 2 N–H and O–H groups in total. The summed E-state index contributed by atoms with van der Waals surface area (Å²) in [5.41, 5.74) is 1.58. The van der Waals surface area contributed by atoms with E-state index in [1.165, 1.54) is 17.7 Å². The van der Waals surface area contributed by atoms with Crippen LogP contribution in [0.15, 0.2) is 60.8 Å². The molecule has 1 amide bonds. The molecule has 4 rings (SSSR count). The Hall–Kier alpha value is -3.55. The predicted molar refractivity (Wildman–Crippen MR) is 140 cm³/mol. The number of carbonyl (C=O) groups is 2. The number of aromatic nitrogens is 1. The maximum atomic E-state index is 13.8. The average Bonchev–Trinajstić information content (AvgIpc) is 3.60. The lowest BCUT2D eigenvalue weighted by molar-refractivity contribution is -0.139. The van der Waals surface area contributed by atoms with Crippen LogP contribution < -0.4 is 5.32 Å². The van der Waals surface area contributed by atoms with Crippen LogP contribution in [0.3, 0.4) is 0 Å². The van der Waals surface area contributed by atoms with Crippen LogP contribution >= 0.6 is 0 Å². The highest BCUT2D eigenvalue weighted by Crippen LogP contribution is 2.49. The molecule has 0 saturated heterocycles. The van der Waals surface area contributed by atoms with Gasteiger partial charge in [0, 0.05) is 18.4 Å². The summed E-state index contributed by atoms with van der Waals surface area (Å²) in [6, 6.07) is 15.3. The number of halogens is 3. The normalized spacial score (nSPS) is 17.7. The Morgan fingerprint density at radius 3 is 2.50 bits per heavy atom. The molecular weight excluding hydrogens is 493 g/mol. The summed E-state index contributed by atoms with van der Waals surface area (Å²) in [5, 5.41) is 11.7. The van der Waals surface area contributed by atoms with Crippen molar-refractivity contribution in [3.05, 3.63) is 88.7 Å². The third-order valence-corrected chi connectivity index (χ3v) is 7.40. The SMILES string of the molecule is CCC(C)Cc1c(C(=O)Nc2cc([C@H]3C[C@H]3C(=O)O)ccc2C(F)(F)F)ccn1CCCc1ccccc1. The number of alkyl halides is 3. The van der Waals surface area contributed by atoms with Crippen molar-refractivity contribution in [3.8, 4) is 0 Å². The molecule has 1 aliphatic rings. The van der Waals surface area contributed by atoms with Gasteiger partial charge in [0.25, 0.3) is 5.91 Å². The van der Waals surface area contributed by atoms with Crippen LogP contribution in [0.25, 0.3) is 0 Å². The second-order valence-corrected chi connectivity index (χ2v) is 10.2. The first-order valence-corrected chi connectivity index (χ1v) is 13.1. The molecule has 3 aromatic rings. The fraction of sp³-hybridized carbons (Fsp3) is 0.400. The van der Waals surface area contributed by atoms with Crippen molar-refractivity contribution >= 4 is 17.6 Å². The summed E-state index contributed by atoms with van der Waals surface area (Å²) in [4.78, 5) is 24.7. The fourth-order valence-electron chi connectivity index (χ4n) is 4.89. The first-order chi connectivity index (χ1) is 18.1. The number of nitrogens with zero attached hydrogens (tertiary/aromatic N) is 1. The Labute approximate surface area is 220 Å². The molecule has 202 valence electrons. The van der Waals surface area contributed by atoms with Crippen LogP contribution in [0, 0.1) is 11.8 Å². The van der Waals surface area contributed by atoms with Gasteiger partial charge in [-0.1, -0.05) is 56.7 Å². The number of hydrogen-bond donors (Lipinski definition) is 2. The molecule has 0 bridgehead atoms. The van der Waals surface area contributed by atoms with Gasteiger partial charge >= 0.3 is 12.1 Å². The van der Waals surface area contributed by atoms with E-state index in [1.807, 2.05) is 29.0 Å². The number of carbonyl (C=O) groups excluding carboxylic acids is 1. The molecule has 1 fully saturated rings. The van der Waals surface area contributed by atoms with Crippen molar-refractivity contribution in [2.24, 2.45) is 11.8 Å². The van der Waals surface area contributed by atoms with Gasteiger partial charge in [-0.15, -0.1) is 0 Å². The van der Waals surface area contributed by atoms with Crippen molar-refractivity contribution in [2.45, 2.75) is 64.6 Å². The van der Waals surface area contributed by atoms with Crippen LogP contribution in [0.1, 0.15) is 71.8 Å². The maximum Gasteiger partial charge on any atom is 0.418 e. The number of hydrogen-bond acceptors (Lipinski definition) is 2. The van der Waals surface area contributed by atoms with Crippen molar-refractivity contribution in [3.63, 3.8) is 0 Å². The minimum absolute atomic E-state index is 0.293. The predicted octanol–water partition coefficient (Wildman–Crippen LogP) is 7.17. The number of carboxylic acids is 1. The van der Waals surface area contributed by atoms with Crippen LogP contribution in [-0.2, 0) is 30.4 Å². The molecule has 0 spiro atoms. The topological polar surface area (TPSA) is 71.3 Å². The lowest BCUT2D eigenvalue weighted by Crippen LogP contribution is -2.19. The Morgan fingerprint density at radius 1 is 1.13 bits per heavy atom. The molecule has 1 saturated carbocycles. The molecule has 1 aromatic heterocycles. The maximum absolute atomic E-state index is 13.8. The average molecular weight is 527 g/mol. The number of aliphatic carboxylic acids is 1. The summed E-state index contributed by atoms with van der Waals surface area (Å²) in [7, 11) is 0. The molecule has 0 aliphatic heterocycles. The van der Waals surface area contributed by atoms with Crippen LogP contribution in [0.5, 0.6) is 0 Å². The first kappa shape index (κ1) is 27.5. The zero-order valence-electron chi connectivity index (χ0n) is 21.6. The van der Waals surface area contributed by atoms with Crippen molar-refractivity contribution in [1.29, 1.82) is 0 Å². The van der Waals surface area contributed by atoms with E-state index in [2.05, 4.69) is 31.3 Å². The minimum Gasteiger partial charge on any atom is -0.481 e. The van der Waals surface area contributed by atoms with Gasteiger partial charge in [0.2, 0.25) is 0 Å². The van der Waals surface area contributed by atoms with E-state index < -0.39 is 29.5 Å². The molecule has 1 heterocycles. The lowest BCUT2D eigenvalue weighted by Gasteiger charge is -2.17. The molecule has 38 heavy (non-hydrogen) atoms. The third kappa shape index (κ3) is 6.47. The number of benzene rings is 2. The minimum atomic E-state index is -4.67. The summed E-state index contributed by atoms with van der Waals surface area (Å²) in [6.07, 6.45) is 0.817. The fourth-order valence-corrected chi connectivity index (χ4v) is 4.89. The molecule has 8 heteroatoms. The van der Waals surface area contributed by atoms with E-state index in [1.54, 1.807) is 6.07 Å². The lowest BCUT2D eigenvalue weighted by atomic mass is 9.99. The van der Waals surface area contributed by atoms with Gasteiger partial charge in [-0.3, -0.25) is 9.59 Å². The summed E-state index contributed by atoms with van der Waals surface area (Å²) in [6.45, 7) is 4.84. The number of amides is 1. The van der Waals surface area contributed by atoms with Crippen LogP contribution in [-0.4, -0.2) is 21.6 Å². The summed E-state index contributed by atoms with van der Waals surface area (Å²) >= 11 is 0. The van der Waals surface area contributed by atoms with E-state index in [0.29, 0.717) is 36.4 Å². The Balaban J connectivity index is 1.58. The third-order valence-electron chi connectivity index (χ3n) is 7.40. The number of aryl methyl sites for hydroxylation is 2. The molecule has 1 unspecified atom stereocenters. The molecule has 2 aromatic carbocycles. The second-order valence-electron chi connectivity index (χ2n) is 10.2. The highest BCUT2D eigenvalue weighted by Gasteiger charge is 2.45. The quantitative estimate of drug-likeness (QED) is 0.278. The van der Waals surface area contributed by atoms with E-state index in [9.17, 15) is 27.9 Å². The Morgan fingerprint density at radius 2 is 1.87 bits per heavy atom. The zero-order valence-corrected chi connectivity index (χ0v) is 21.6. The van der Waals surface area contributed by atoms with Crippen molar-refractivity contribution < 1.29 is 27.9 Å². The summed E-state index contributed by atoms with van der Waals surface area (Å²) < 4.78 is 43.4. The van der Waals surface area contributed by atoms with Crippen molar-refractivity contribution in [2.75, 3.05) is 5.32 Å². The van der Waals surface area contributed by atoms with Gasteiger partial charge < -0.3 is 15.0 Å². The molecule has 1 aliphatic carbocycles. The van der Waals surface area contributed by atoms with E-state index in [-0.39, 0.29) is 11.6 Å². The molecule has 3 atom stereocenters. The number of rotatable bonds is 11. The zero-order chi connectivity index (χ0) is 27.4. The smallest absolute Gasteiger partial charge is 0.418 e. The van der Waals surface area contributed by atoms with Gasteiger partial charge in [-0.25, -0.2) is 0 Å². The van der Waals surface area contributed by atoms with Crippen LogP contribution in [0.2, 0.25) is 0 Å². The summed E-state index contributed by atoms with van der Waals surface area (Å²) in [5.74, 6) is -2.23. The Kier molecular flexibility index (Phi) is 8.29. The monoisotopic (exact) mass is 526 g/mol. The molecular formula is C30H33F3N2O3. The van der Waals surface area contributed by atoms with E-state index in [0.717, 1.165) is 31.0 Å². The first-order valence-electron chi connectivity index (χ1n) is 13.1. The highest BCUT2D eigenvalue weighted by molar-refractivity contribution is 6.05. The number of nitrogens with one attached hydrogen (secondary N) is 1. The largest absolute Gasteiger partial charge is 0.481 e. The molecule has 0 radical (unpaired) electrons. The Bertz CT molecular complexity index is 1280. The second kappa shape index (κ2) is 11.5. The number of anilines is 1. The molecule has 5 nitrogen and oxygen atoms in total. The van der Waals surface area contributed by atoms with E-state index in [4.69, 9.17) is 0 Å². The van der Waals surface area contributed by atoms with Gasteiger partial charge in [0.05, 0.1) is 22.7 Å². The standard InChI is InChI=1S/C30H33F3N2O3/c1-3-19(2)16-27-22(13-15-35(27)14-7-10-20-8-5-4-6-9-20)28(36)34-26-17-21(23-18-24(23)29(37)38)11-12-25(26)30(31,32)33/h4-6,8-9,11-13,15,17,19,23-24H,3,7,10,14,16,18H2,1-2H3,(H,34,36)(H,37,38)/t19?,23-,24-/m1/s1. The van der Waals surface area contributed by atoms with Gasteiger partial charge in [-0.05, 0) is 66.8 Å². The van der Waals surface area contributed by atoms with Crippen LogP contribution in [0.4, 0.5) is 18.9 Å². The van der Waals surface area contributed by atoms with Gasteiger partial charge in [-0.2, -0.15) is 13.2 Å². The van der Waals surface area contributed by atoms with Gasteiger partial charge in [0.15, 0.2) is 0 Å². The highest BCUT2D eigenvalue weighted by atomic mass is 19.4. The number of carboxylic acid groups (broad SMARTS) is 1. The van der Waals surface area contributed by atoms with Gasteiger partial charge in [0.1, 0.15) is 0 Å². The van der Waals surface area contributed by atoms with Crippen molar-refractivity contribution in [1.82, 2.24) is 4.57 Å².